The maximum atomic E-state index is 2.47. The Labute approximate surface area is 103 Å². The third-order valence-electron chi connectivity index (χ3n) is 4.76. The third-order valence-corrected chi connectivity index (χ3v) is 4.76. The quantitative estimate of drug-likeness (QED) is 0.532. The molecule has 0 N–H and O–H groups in total. The van der Waals surface area contributed by atoms with Gasteiger partial charge in [0.05, 0.1) is 0 Å². The van der Waals surface area contributed by atoms with Crippen molar-refractivity contribution < 1.29 is 0 Å². The summed E-state index contributed by atoms with van der Waals surface area (Å²) in [4.78, 5) is 0. The lowest BCUT2D eigenvalue weighted by Crippen LogP contribution is -2.19. The Morgan fingerprint density at radius 2 is 1.88 bits per heavy atom. The summed E-state index contributed by atoms with van der Waals surface area (Å²) < 4.78 is 0. The van der Waals surface area contributed by atoms with Crippen molar-refractivity contribution in [2.24, 2.45) is 17.8 Å². The Morgan fingerprint density at radius 1 is 1.25 bits per heavy atom. The zero-order valence-corrected chi connectivity index (χ0v) is 11.8. The lowest BCUT2D eigenvalue weighted by atomic mass is 9.74. The highest BCUT2D eigenvalue weighted by Crippen LogP contribution is 2.36. The van der Waals surface area contributed by atoms with Crippen LogP contribution in [0.4, 0.5) is 0 Å². The van der Waals surface area contributed by atoms with E-state index in [2.05, 4.69) is 33.8 Å². The van der Waals surface area contributed by atoms with Crippen LogP contribution in [-0.2, 0) is 0 Å². The summed E-state index contributed by atoms with van der Waals surface area (Å²) in [6.45, 7) is 9.25. The molecular formula is C16H30. The van der Waals surface area contributed by atoms with Gasteiger partial charge in [0.25, 0.3) is 0 Å². The fourth-order valence-electron chi connectivity index (χ4n) is 3.00. The molecule has 1 atom stereocenters. The van der Waals surface area contributed by atoms with Crippen LogP contribution in [0.25, 0.3) is 0 Å². The van der Waals surface area contributed by atoms with Crippen molar-refractivity contribution in [1.29, 1.82) is 0 Å². The molecule has 0 bridgehead atoms. The first kappa shape index (κ1) is 13.8. The molecule has 94 valence electrons. The lowest BCUT2D eigenvalue weighted by Gasteiger charge is -2.32. The summed E-state index contributed by atoms with van der Waals surface area (Å²) in [5, 5.41) is 0. The molecule has 0 heterocycles. The van der Waals surface area contributed by atoms with Crippen molar-refractivity contribution in [1.82, 2.24) is 0 Å². The summed E-state index contributed by atoms with van der Waals surface area (Å²) in [6, 6.07) is 0. The minimum absolute atomic E-state index is 0.938. The second-order valence-electron chi connectivity index (χ2n) is 5.84. The highest BCUT2D eigenvalue weighted by molar-refractivity contribution is 4.95. The predicted molar refractivity (Wildman–Crippen MR) is 73.6 cm³/mol. The van der Waals surface area contributed by atoms with Crippen LogP contribution in [-0.4, -0.2) is 0 Å². The van der Waals surface area contributed by atoms with Crippen molar-refractivity contribution in [3.63, 3.8) is 0 Å². The van der Waals surface area contributed by atoms with Crippen LogP contribution >= 0.6 is 0 Å². The number of allylic oxidation sites excluding steroid dienone is 2. The standard InChI is InChI=1S/C16H30/c1-5-13(3)7-8-14(4)16-11-9-15(6-2)10-12-16/h5,14-16H,6-12H2,1-4H3/b13-5-. The molecule has 1 rings (SSSR count). The summed E-state index contributed by atoms with van der Waals surface area (Å²) >= 11 is 0. The van der Waals surface area contributed by atoms with Crippen molar-refractivity contribution in [3.8, 4) is 0 Å². The minimum Gasteiger partial charge on any atom is -0.0887 e. The molecule has 1 unspecified atom stereocenters. The van der Waals surface area contributed by atoms with Crippen LogP contribution in [0.3, 0.4) is 0 Å². The average Bonchev–Trinajstić information content (AvgIpc) is 2.35. The van der Waals surface area contributed by atoms with E-state index >= 15 is 0 Å². The molecule has 0 heteroatoms. The Bertz CT molecular complexity index is 206. The first-order valence-corrected chi connectivity index (χ1v) is 7.29. The topological polar surface area (TPSA) is 0 Å². The Morgan fingerprint density at radius 3 is 2.38 bits per heavy atom. The van der Waals surface area contributed by atoms with Gasteiger partial charge in [-0.05, 0) is 57.3 Å². The summed E-state index contributed by atoms with van der Waals surface area (Å²) in [6.07, 6.45) is 12.4. The first-order valence-electron chi connectivity index (χ1n) is 7.29. The maximum Gasteiger partial charge on any atom is -0.0321 e. The van der Waals surface area contributed by atoms with E-state index in [-0.39, 0.29) is 0 Å². The number of hydrogen-bond acceptors (Lipinski definition) is 0. The number of hydrogen-bond donors (Lipinski definition) is 0. The summed E-state index contributed by atoms with van der Waals surface area (Å²) in [7, 11) is 0. The van der Waals surface area contributed by atoms with Crippen molar-refractivity contribution in [3.05, 3.63) is 11.6 Å². The normalized spacial score (nSPS) is 29.1. The monoisotopic (exact) mass is 222 g/mol. The zero-order chi connectivity index (χ0) is 12.0. The Kier molecular flexibility index (Phi) is 6.16. The molecule has 1 aliphatic rings. The van der Waals surface area contributed by atoms with E-state index in [1.165, 1.54) is 44.9 Å². The second-order valence-corrected chi connectivity index (χ2v) is 5.84. The van der Waals surface area contributed by atoms with Crippen LogP contribution in [0.5, 0.6) is 0 Å². The number of rotatable bonds is 5. The van der Waals surface area contributed by atoms with E-state index in [0.29, 0.717) is 0 Å². The molecule has 0 amide bonds. The van der Waals surface area contributed by atoms with Gasteiger partial charge in [-0.15, -0.1) is 0 Å². The van der Waals surface area contributed by atoms with Gasteiger partial charge in [0.15, 0.2) is 0 Å². The van der Waals surface area contributed by atoms with Gasteiger partial charge in [-0.1, -0.05) is 44.8 Å². The van der Waals surface area contributed by atoms with Gasteiger partial charge in [0.2, 0.25) is 0 Å². The Balaban J connectivity index is 2.25. The molecule has 0 aromatic heterocycles. The third kappa shape index (κ3) is 4.31. The van der Waals surface area contributed by atoms with Crippen molar-refractivity contribution in [2.75, 3.05) is 0 Å². The fourth-order valence-corrected chi connectivity index (χ4v) is 3.00. The van der Waals surface area contributed by atoms with E-state index in [1.54, 1.807) is 5.57 Å². The van der Waals surface area contributed by atoms with Gasteiger partial charge < -0.3 is 0 Å². The van der Waals surface area contributed by atoms with Gasteiger partial charge in [-0.2, -0.15) is 0 Å². The van der Waals surface area contributed by atoms with Crippen molar-refractivity contribution >= 4 is 0 Å². The maximum absolute atomic E-state index is 2.47. The zero-order valence-electron chi connectivity index (χ0n) is 11.8. The highest BCUT2D eigenvalue weighted by atomic mass is 14.3. The largest absolute Gasteiger partial charge is 0.0887 e. The lowest BCUT2D eigenvalue weighted by molar-refractivity contribution is 0.204. The van der Waals surface area contributed by atoms with E-state index in [9.17, 15) is 0 Å². The van der Waals surface area contributed by atoms with Crippen LogP contribution < -0.4 is 0 Å². The molecule has 0 saturated heterocycles. The van der Waals surface area contributed by atoms with Gasteiger partial charge in [-0.25, -0.2) is 0 Å². The summed E-state index contributed by atoms with van der Waals surface area (Å²) in [5.41, 5.74) is 1.56. The van der Waals surface area contributed by atoms with E-state index < -0.39 is 0 Å². The van der Waals surface area contributed by atoms with Gasteiger partial charge >= 0.3 is 0 Å². The van der Waals surface area contributed by atoms with Gasteiger partial charge in [0, 0.05) is 0 Å². The van der Waals surface area contributed by atoms with Crippen LogP contribution in [0.15, 0.2) is 11.6 Å². The molecule has 0 aromatic carbocycles. The molecule has 0 aliphatic heterocycles. The first-order chi connectivity index (χ1) is 7.67. The van der Waals surface area contributed by atoms with Crippen molar-refractivity contribution in [2.45, 2.75) is 72.6 Å². The molecule has 16 heavy (non-hydrogen) atoms. The van der Waals surface area contributed by atoms with Gasteiger partial charge in [-0.3, -0.25) is 0 Å². The summed E-state index contributed by atoms with van der Waals surface area (Å²) in [5.74, 6) is 3.00. The molecule has 0 nitrogen and oxygen atoms in total. The van der Waals surface area contributed by atoms with Crippen LogP contribution in [0.2, 0.25) is 0 Å². The highest BCUT2D eigenvalue weighted by Gasteiger charge is 2.23. The molecule has 1 fully saturated rings. The minimum atomic E-state index is 0.938. The van der Waals surface area contributed by atoms with Gasteiger partial charge in [0.1, 0.15) is 0 Å². The average molecular weight is 222 g/mol. The van der Waals surface area contributed by atoms with E-state index in [1.807, 2.05) is 0 Å². The van der Waals surface area contributed by atoms with E-state index in [4.69, 9.17) is 0 Å². The molecule has 1 aliphatic carbocycles. The van der Waals surface area contributed by atoms with E-state index in [0.717, 1.165) is 17.8 Å². The molecular weight excluding hydrogens is 192 g/mol. The fraction of sp³-hybridized carbons (Fsp3) is 0.875. The smallest absolute Gasteiger partial charge is 0.0321 e. The molecule has 1 saturated carbocycles. The Hall–Kier alpha value is -0.260. The second kappa shape index (κ2) is 7.14. The molecule has 0 radical (unpaired) electrons. The SMILES string of the molecule is C/C=C(/C)CCC(C)C1CCC(CC)CC1. The molecule has 0 spiro atoms. The van der Waals surface area contributed by atoms with Crippen LogP contribution in [0.1, 0.15) is 72.6 Å². The van der Waals surface area contributed by atoms with Crippen LogP contribution in [0, 0.1) is 17.8 Å². The predicted octanol–water partition coefficient (Wildman–Crippen LogP) is 5.59. The molecule has 0 aromatic rings.